The average Bonchev–Trinajstić information content (AvgIpc) is 2.55. The van der Waals surface area contributed by atoms with E-state index in [-0.39, 0.29) is 11.3 Å². The van der Waals surface area contributed by atoms with Crippen LogP contribution in [0, 0.1) is 0 Å². The van der Waals surface area contributed by atoms with E-state index < -0.39 is 11.5 Å². The molecular formula is C18H15BrN2O3. The molecule has 3 aromatic rings. The zero-order chi connectivity index (χ0) is 17.3. The largest absolute Gasteiger partial charge is 0.506 e. The molecule has 24 heavy (non-hydrogen) atoms. The van der Waals surface area contributed by atoms with Crippen LogP contribution in [0.5, 0.6) is 5.75 Å². The summed E-state index contributed by atoms with van der Waals surface area (Å²) < 4.78 is 2.28. The van der Waals surface area contributed by atoms with Crippen LogP contribution in [-0.4, -0.2) is 15.6 Å². The van der Waals surface area contributed by atoms with Crippen LogP contribution < -0.4 is 10.9 Å². The van der Waals surface area contributed by atoms with Gasteiger partial charge >= 0.3 is 0 Å². The van der Waals surface area contributed by atoms with Gasteiger partial charge in [-0.25, -0.2) is 0 Å². The Morgan fingerprint density at radius 2 is 1.96 bits per heavy atom. The Bertz CT molecular complexity index is 995. The van der Waals surface area contributed by atoms with Crippen molar-refractivity contribution in [3.05, 3.63) is 68.9 Å². The lowest BCUT2D eigenvalue weighted by atomic mass is 10.1. The van der Waals surface area contributed by atoms with Gasteiger partial charge in [0, 0.05) is 22.1 Å². The summed E-state index contributed by atoms with van der Waals surface area (Å²) in [5.41, 5.74) is 0.364. The Labute approximate surface area is 146 Å². The zero-order valence-electron chi connectivity index (χ0n) is 12.9. The number of rotatable bonds is 3. The molecule has 0 bridgehead atoms. The Morgan fingerprint density at radius 3 is 2.67 bits per heavy atom. The van der Waals surface area contributed by atoms with Gasteiger partial charge in [-0.3, -0.25) is 9.59 Å². The molecule has 0 atom stereocenters. The summed E-state index contributed by atoms with van der Waals surface area (Å²) in [5.74, 6) is -0.934. The van der Waals surface area contributed by atoms with Crippen molar-refractivity contribution < 1.29 is 9.90 Å². The monoisotopic (exact) mass is 386 g/mol. The molecule has 5 nitrogen and oxygen atoms in total. The predicted molar refractivity (Wildman–Crippen MR) is 97.6 cm³/mol. The standard InChI is InChI=1S/C18H15BrN2O3/c1-2-21-14-9-4-3-8-13(14)16(22)15(18(21)24)17(23)20-12-7-5-6-11(19)10-12/h3-10,22H,2H2,1H3,(H,20,23). The number of hydrogen-bond donors (Lipinski definition) is 2. The topological polar surface area (TPSA) is 71.3 Å². The smallest absolute Gasteiger partial charge is 0.267 e. The molecule has 0 aliphatic rings. The molecule has 0 aliphatic heterocycles. The fourth-order valence-corrected chi connectivity index (χ4v) is 3.07. The number of aryl methyl sites for hydroxylation is 1. The first-order valence-electron chi connectivity index (χ1n) is 7.44. The van der Waals surface area contributed by atoms with Gasteiger partial charge < -0.3 is 15.0 Å². The number of benzene rings is 2. The molecule has 0 saturated heterocycles. The fourth-order valence-electron chi connectivity index (χ4n) is 2.67. The van der Waals surface area contributed by atoms with Gasteiger partial charge in [0.2, 0.25) is 0 Å². The minimum atomic E-state index is -0.636. The first kappa shape index (κ1) is 16.3. The maximum Gasteiger partial charge on any atom is 0.267 e. The number of nitrogens with zero attached hydrogens (tertiary/aromatic N) is 1. The van der Waals surface area contributed by atoms with E-state index in [4.69, 9.17) is 0 Å². The maximum absolute atomic E-state index is 12.7. The molecule has 122 valence electrons. The summed E-state index contributed by atoms with van der Waals surface area (Å²) >= 11 is 3.33. The number of carbonyl (C=O) groups is 1. The van der Waals surface area contributed by atoms with E-state index in [1.54, 1.807) is 42.5 Å². The van der Waals surface area contributed by atoms with Crippen LogP contribution in [0.15, 0.2) is 57.8 Å². The van der Waals surface area contributed by atoms with Crippen molar-refractivity contribution in [2.75, 3.05) is 5.32 Å². The van der Waals surface area contributed by atoms with Gasteiger partial charge in [0.05, 0.1) is 5.52 Å². The molecule has 1 amide bonds. The molecule has 1 heterocycles. The second kappa shape index (κ2) is 6.49. The van der Waals surface area contributed by atoms with E-state index in [9.17, 15) is 14.7 Å². The van der Waals surface area contributed by atoms with Crippen molar-refractivity contribution >= 4 is 38.4 Å². The minimum Gasteiger partial charge on any atom is -0.506 e. The summed E-state index contributed by atoms with van der Waals surface area (Å²) in [7, 11) is 0. The lowest BCUT2D eigenvalue weighted by Crippen LogP contribution is -2.29. The molecule has 0 unspecified atom stereocenters. The third-order valence-electron chi connectivity index (χ3n) is 3.77. The SMILES string of the molecule is CCn1c(=O)c(C(=O)Nc2cccc(Br)c2)c(O)c2ccccc21. The second-order valence-corrected chi connectivity index (χ2v) is 6.17. The van der Waals surface area contributed by atoms with Crippen LogP contribution in [0.3, 0.4) is 0 Å². The van der Waals surface area contributed by atoms with Crippen LogP contribution >= 0.6 is 15.9 Å². The van der Waals surface area contributed by atoms with E-state index >= 15 is 0 Å². The number of halogens is 1. The van der Waals surface area contributed by atoms with Gasteiger partial charge in [0.1, 0.15) is 11.3 Å². The number of amides is 1. The van der Waals surface area contributed by atoms with E-state index in [1.165, 1.54) is 4.57 Å². The Balaban J connectivity index is 2.15. The third-order valence-corrected chi connectivity index (χ3v) is 4.26. The van der Waals surface area contributed by atoms with Gasteiger partial charge in [-0.2, -0.15) is 0 Å². The van der Waals surface area contributed by atoms with Gasteiger partial charge in [-0.1, -0.05) is 34.1 Å². The number of anilines is 1. The molecule has 0 radical (unpaired) electrons. The van der Waals surface area contributed by atoms with E-state index in [1.807, 2.05) is 13.0 Å². The van der Waals surface area contributed by atoms with E-state index in [2.05, 4.69) is 21.2 Å². The lowest BCUT2D eigenvalue weighted by Gasteiger charge is -2.13. The number of fused-ring (bicyclic) bond motifs is 1. The first-order valence-corrected chi connectivity index (χ1v) is 8.23. The average molecular weight is 387 g/mol. The van der Waals surface area contributed by atoms with Gasteiger partial charge in [-0.15, -0.1) is 0 Å². The molecule has 3 rings (SSSR count). The molecule has 0 fully saturated rings. The van der Waals surface area contributed by atoms with Crippen LogP contribution in [0.4, 0.5) is 5.69 Å². The zero-order valence-corrected chi connectivity index (χ0v) is 14.5. The number of aromatic nitrogens is 1. The first-order chi connectivity index (χ1) is 11.5. The number of nitrogens with one attached hydrogen (secondary N) is 1. The van der Waals surface area contributed by atoms with Crippen molar-refractivity contribution in [2.45, 2.75) is 13.5 Å². The fraction of sp³-hybridized carbons (Fsp3) is 0.111. The number of pyridine rings is 1. The molecule has 1 aromatic heterocycles. The highest BCUT2D eigenvalue weighted by Crippen LogP contribution is 2.27. The highest BCUT2D eigenvalue weighted by Gasteiger charge is 2.21. The van der Waals surface area contributed by atoms with Crippen molar-refractivity contribution in [1.82, 2.24) is 4.57 Å². The highest BCUT2D eigenvalue weighted by atomic mass is 79.9. The van der Waals surface area contributed by atoms with Gasteiger partial charge in [0.15, 0.2) is 0 Å². The Morgan fingerprint density at radius 1 is 1.21 bits per heavy atom. The van der Waals surface area contributed by atoms with Crippen molar-refractivity contribution in [2.24, 2.45) is 0 Å². The predicted octanol–water partition coefficient (Wildman–Crippen LogP) is 3.74. The third kappa shape index (κ3) is 2.80. The van der Waals surface area contributed by atoms with Gasteiger partial charge in [-0.05, 0) is 37.3 Å². The molecule has 2 aromatic carbocycles. The molecule has 6 heteroatoms. The lowest BCUT2D eigenvalue weighted by molar-refractivity contribution is 0.102. The second-order valence-electron chi connectivity index (χ2n) is 5.25. The highest BCUT2D eigenvalue weighted by molar-refractivity contribution is 9.10. The number of carbonyl (C=O) groups excluding carboxylic acids is 1. The molecule has 0 spiro atoms. The normalized spacial score (nSPS) is 10.8. The molecule has 0 aliphatic carbocycles. The van der Waals surface area contributed by atoms with Crippen LogP contribution in [-0.2, 0) is 6.54 Å². The summed E-state index contributed by atoms with van der Waals surface area (Å²) in [6.07, 6.45) is 0. The van der Waals surface area contributed by atoms with Crippen LogP contribution in [0.25, 0.3) is 10.9 Å². The van der Waals surface area contributed by atoms with Crippen LogP contribution in [0.1, 0.15) is 17.3 Å². The van der Waals surface area contributed by atoms with Crippen molar-refractivity contribution in [3.63, 3.8) is 0 Å². The summed E-state index contributed by atoms with van der Waals surface area (Å²) in [4.78, 5) is 25.2. The quantitative estimate of drug-likeness (QED) is 0.719. The van der Waals surface area contributed by atoms with Gasteiger partial charge in [0.25, 0.3) is 11.5 Å². The number of para-hydroxylation sites is 1. The maximum atomic E-state index is 12.7. The van der Waals surface area contributed by atoms with E-state index in [0.717, 1.165) is 4.47 Å². The number of hydrogen-bond acceptors (Lipinski definition) is 3. The minimum absolute atomic E-state index is 0.254. The number of aromatic hydroxyl groups is 1. The molecule has 0 saturated carbocycles. The van der Waals surface area contributed by atoms with Crippen molar-refractivity contribution in [1.29, 1.82) is 0 Å². The molecular weight excluding hydrogens is 372 g/mol. The molecule has 2 N–H and O–H groups in total. The van der Waals surface area contributed by atoms with E-state index in [0.29, 0.717) is 23.1 Å². The Kier molecular flexibility index (Phi) is 4.40. The van der Waals surface area contributed by atoms with Crippen molar-refractivity contribution in [3.8, 4) is 5.75 Å². The summed E-state index contributed by atoms with van der Waals surface area (Å²) in [5, 5.41) is 13.6. The summed E-state index contributed by atoms with van der Waals surface area (Å²) in [6.45, 7) is 2.22. The summed E-state index contributed by atoms with van der Waals surface area (Å²) in [6, 6.07) is 14.0. The Hall–Kier alpha value is -2.60. The van der Waals surface area contributed by atoms with Crippen LogP contribution in [0.2, 0.25) is 0 Å².